The van der Waals surface area contributed by atoms with Gasteiger partial charge in [-0.2, -0.15) is 0 Å². The standard InChI is InChI=1S/C14H20ClN3O3/c1-18(2)8-7-16-12(14(20)21)9-13(19)17-11-5-3-10(15)4-6-11/h3-6,12,16H,7-9H2,1-2H3,(H,17,19)(H,20,21)/p+1/t12-/m1/s1. The second-order valence-electron chi connectivity index (χ2n) is 5.17. The summed E-state index contributed by atoms with van der Waals surface area (Å²) >= 11 is 5.75. The number of carboxylic acid groups (broad SMARTS) is 1. The van der Waals surface area contributed by atoms with Crippen LogP contribution in [0, 0.1) is 0 Å². The predicted molar refractivity (Wildman–Crippen MR) is 78.0 cm³/mol. The van der Waals surface area contributed by atoms with Crippen LogP contribution in [0.3, 0.4) is 0 Å². The van der Waals surface area contributed by atoms with E-state index in [1.807, 2.05) is 14.1 Å². The number of anilines is 1. The normalized spacial score (nSPS) is 12.2. The molecule has 0 fully saturated rings. The zero-order valence-electron chi connectivity index (χ0n) is 12.2. The lowest BCUT2D eigenvalue weighted by Gasteiger charge is -2.17. The lowest BCUT2D eigenvalue weighted by molar-refractivity contribution is -0.876. The molecule has 1 amide bonds. The summed E-state index contributed by atoms with van der Waals surface area (Å²) in [5.41, 5.74) is 0.583. The number of quaternary nitrogens is 2. The van der Waals surface area contributed by atoms with Gasteiger partial charge < -0.3 is 25.4 Å². The fourth-order valence-electron chi connectivity index (χ4n) is 1.78. The molecule has 7 heteroatoms. The van der Waals surface area contributed by atoms with Crippen LogP contribution >= 0.6 is 11.6 Å². The van der Waals surface area contributed by atoms with Crippen LogP contribution in [0.25, 0.3) is 0 Å². The van der Waals surface area contributed by atoms with E-state index in [0.717, 1.165) is 6.54 Å². The largest absolute Gasteiger partial charge is 0.544 e. The molecule has 0 aromatic heterocycles. The van der Waals surface area contributed by atoms with Crippen molar-refractivity contribution >= 4 is 29.2 Å². The molecule has 1 aromatic carbocycles. The topological polar surface area (TPSA) is 90.3 Å². The molecule has 0 radical (unpaired) electrons. The lowest BCUT2D eigenvalue weighted by Crippen LogP contribution is -3.10. The van der Waals surface area contributed by atoms with Gasteiger partial charge in [0.2, 0.25) is 5.91 Å². The third kappa shape index (κ3) is 7.08. The van der Waals surface area contributed by atoms with E-state index in [1.165, 1.54) is 4.90 Å². The highest BCUT2D eigenvalue weighted by Gasteiger charge is 2.18. The van der Waals surface area contributed by atoms with Crippen molar-refractivity contribution in [1.29, 1.82) is 0 Å². The van der Waals surface area contributed by atoms with Crippen LogP contribution in [-0.2, 0) is 9.59 Å². The number of likely N-dealkylation sites (N-methyl/N-ethyl adjacent to an activating group) is 1. The number of rotatable bonds is 8. The van der Waals surface area contributed by atoms with Gasteiger partial charge in [0, 0.05) is 10.7 Å². The van der Waals surface area contributed by atoms with Gasteiger partial charge in [-0.3, -0.25) is 4.79 Å². The lowest BCUT2D eigenvalue weighted by atomic mass is 10.2. The van der Waals surface area contributed by atoms with Crippen molar-refractivity contribution in [3.8, 4) is 0 Å². The minimum Gasteiger partial charge on any atom is -0.544 e. The fourth-order valence-corrected chi connectivity index (χ4v) is 1.91. The van der Waals surface area contributed by atoms with Crippen molar-refractivity contribution in [3.63, 3.8) is 0 Å². The molecule has 0 spiro atoms. The van der Waals surface area contributed by atoms with Crippen LogP contribution in [0.15, 0.2) is 24.3 Å². The Bertz CT molecular complexity index is 477. The SMILES string of the molecule is C[NH+](C)CC[NH2+][C@H](CC(=O)Nc1ccc(Cl)cc1)C(=O)[O-]. The van der Waals surface area contributed by atoms with Gasteiger partial charge in [-0.1, -0.05) is 11.6 Å². The summed E-state index contributed by atoms with van der Waals surface area (Å²) in [5.74, 6) is -1.59. The monoisotopic (exact) mass is 314 g/mol. The molecule has 6 nitrogen and oxygen atoms in total. The molecule has 0 saturated carbocycles. The smallest absolute Gasteiger partial charge is 0.230 e. The number of hydrogen-bond acceptors (Lipinski definition) is 3. The number of carboxylic acids is 1. The summed E-state index contributed by atoms with van der Waals surface area (Å²) in [5, 5.41) is 15.9. The zero-order valence-corrected chi connectivity index (χ0v) is 12.9. The summed E-state index contributed by atoms with van der Waals surface area (Å²) in [6.07, 6.45) is -0.131. The highest BCUT2D eigenvalue weighted by Crippen LogP contribution is 2.13. The van der Waals surface area contributed by atoms with Crippen LogP contribution in [0.5, 0.6) is 0 Å². The van der Waals surface area contributed by atoms with E-state index in [1.54, 1.807) is 29.6 Å². The molecule has 4 N–H and O–H groups in total. The van der Waals surface area contributed by atoms with Crippen LogP contribution < -0.4 is 20.6 Å². The van der Waals surface area contributed by atoms with Gasteiger partial charge in [0.15, 0.2) is 0 Å². The quantitative estimate of drug-likeness (QED) is 0.495. The average Bonchev–Trinajstić information content (AvgIpc) is 2.39. The Hall–Kier alpha value is -1.63. The molecule has 1 atom stereocenters. The fraction of sp³-hybridized carbons (Fsp3) is 0.429. The van der Waals surface area contributed by atoms with Crippen molar-refractivity contribution in [1.82, 2.24) is 0 Å². The number of amides is 1. The van der Waals surface area contributed by atoms with E-state index >= 15 is 0 Å². The Kier molecular flexibility index (Phi) is 7.14. The van der Waals surface area contributed by atoms with E-state index < -0.39 is 12.0 Å². The molecule has 0 bridgehead atoms. The first kappa shape index (κ1) is 17.4. The van der Waals surface area contributed by atoms with Crippen LogP contribution in [-0.4, -0.2) is 45.1 Å². The molecule has 0 aliphatic rings. The number of carbonyl (C=O) groups excluding carboxylic acids is 2. The maximum Gasteiger partial charge on any atom is 0.230 e. The average molecular weight is 315 g/mol. The van der Waals surface area contributed by atoms with Gasteiger partial charge in [0.05, 0.1) is 26.5 Å². The molecule has 0 unspecified atom stereocenters. The minimum absolute atomic E-state index is 0.131. The van der Waals surface area contributed by atoms with Gasteiger partial charge in [0.1, 0.15) is 19.1 Å². The number of benzene rings is 1. The molecule has 0 heterocycles. The van der Waals surface area contributed by atoms with E-state index in [-0.39, 0.29) is 12.3 Å². The molecule has 1 rings (SSSR count). The first-order valence-corrected chi connectivity index (χ1v) is 7.15. The van der Waals surface area contributed by atoms with Crippen molar-refractivity contribution < 1.29 is 24.9 Å². The third-order valence-corrected chi connectivity index (χ3v) is 3.18. The summed E-state index contributed by atoms with van der Waals surface area (Å²) < 4.78 is 0. The van der Waals surface area contributed by atoms with Gasteiger partial charge in [-0.15, -0.1) is 0 Å². The summed E-state index contributed by atoms with van der Waals surface area (Å²) in [6, 6.07) is 5.75. The van der Waals surface area contributed by atoms with E-state index in [4.69, 9.17) is 11.6 Å². The second kappa shape index (κ2) is 8.61. The third-order valence-electron chi connectivity index (χ3n) is 2.93. The number of hydrogen-bond donors (Lipinski definition) is 3. The van der Waals surface area contributed by atoms with Crippen LogP contribution in [0.4, 0.5) is 5.69 Å². The first-order valence-electron chi connectivity index (χ1n) is 6.77. The Labute approximate surface area is 129 Å². The first-order chi connectivity index (χ1) is 9.88. The maximum atomic E-state index is 11.8. The van der Waals surface area contributed by atoms with E-state index in [9.17, 15) is 14.7 Å². The summed E-state index contributed by atoms with van der Waals surface area (Å²) in [7, 11) is 3.96. The summed E-state index contributed by atoms with van der Waals surface area (Å²) in [4.78, 5) is 24.1. The predicted octanol–water partition coefficient (Wildman–Crippen LogP) is -2.50. The number of halogens is 1. The van der Waals surface area contributed by atoms with Gasteiger partial charge in [-0.05, 0) is 24.3 Å². The van der Waals surface area contributed by atoms with Crippen molar-refractivity contribution in [3.05, 3.63) is 29.3 Å². The van der Waals surface area contributed by atoms with Crippen LogP contribution in [0.1, 0.15) is 6.42 Å². The number of carbonyl (C=O) groups is 2. The Morgan fingerprint density at radius 2 is 1.95 bits per heavy atom. The van der Waals surface area contributed by atoms with Gasteiger partial charge in [0.25, 0.3) is 0 Å². The van der Waals surface area contributed by atoms with Crippen molar-refractivity contribution in [2.24, 2.45) is 0 Å². The minimum atomic E-state index is -1.23. The highest BCUT2D eigenvalue weighted by molar-refractivity contribution is 6.30. The molecule has 0 aliphatic carbocycles. The maximum absolute atomic E-state index is 11.8. The zero-order chi connectivity index (χ0) is 15.8. The molecule has 1 aromatic rings. The molecule has 0 aliphatic heterocycles. The molecular formula is C14H21ClN3O3+. The van der Waals surface area contributed by atoms with Crippen LogP contribution in [0.2, 0.25) is 5.02 Å². The van der Waals surface area contributed by atoms with E-state index in [2.05, 4.69) is 5.32 Å². The Balaban J connectivity index is 2.48. The van der Waals surface area contributed by atoms with E-state index in [0.29, 0.717) is 17.3 Å². The Morgan fingerprint density at radius 3 is 2.48 bits per heavy atom. The molecule has 21 heavy (non-hydrogen) atoms. The number of nitrogens with one attached hydrogen (secondary N) is 2. The molecule has 0 saturated heterocycles. The number of aliphatic carboxylic acids is 1. The number of nitrogens with two attached hydrogens (primary N) is 1. The second-order valence-corrected chi connectivity index (χ2v) is 5.60. The van der Waals surface area contributed by atoms with Gasteiger partial charge in [-0.25, -0.2) is 0 Å². The molecular weight excluding hydrogens is 294 g/mol. The highest BCUT2D eigenvalue weighted by atomic mass is 35.5. The Morgan fingerprint density at radius 1 is 1.33 bits per heavy atom. The van der Waals surface area contributed by atoms with Gasteiger partial charge >= 0.3 is 0 Å². The summed E-state index contributed by atoms with van der Waals surface area (Å²) in [6.45, 7) is 1.43. The molecule has 116 valence electrons. The van der Waals surface area contributed by atoms with Crippen molar-refractivity contribution in [2.45, 2.75) is 12.5 Å². The van der Waals surface area contributed by atoms with Crippen molar-refractivity contribution in [2.75, 3.05) is 32.5 Å².